The molecule has 0 aliphatic heterocycles. The van der Waals surface area contributed by atoms with Crippen molar-refractivity contribution in [1.82, 2.24) is 10.3 Å². The SMILES string of the molecule is Cc1ccc(N/C=C(/C#N)C(=O)NC(C)(C)C)nc1. The minimum absolute atomic E-state index is 0.0114. The Morgan fingerprint density at radius 1 is 1.42 bits per heavy atom. The van der Waals surface area contributed by atoms with E-state index in [0.717, 1.165) is 5.56 Å². The molecule has 100 valence electrons. The fourth-order valence-corrected chi connectivity index (χ4v) is 1.26. The second kappa shape index (κ2) is 6.01. The number of aryl methyl sites for hydroxylation is 1. The maximum atomic E-state index is 11.8. The van der Waals surface area contributed by atoms with Crippen molar-refractivity contribution in [2.75, 3.05) is 5.32 Å². The molecule has 1 amide bonds. The Kier molecular flexibility index (Phi) is 4.65. The number of pyridine rings is 1. The molecule has 0 bridgehead atoms. The van der Waals surface area contributed by atoms with Gasteiger partial charge in [-0.2, -0.15) is 5.26 Å². The van der Waals surface area contributed by atoms with Crippen molar-refractivity contribution in [3.05, 3.63) is 35.7 Å². The molecule has 1 heterocycles. The third kappa shape index (κ3) is 5.21. The molecular weight excluding hydrogens is 240 g/mol. The van der Waals surface area contributed by atoms with Gasteiger partial charge in [0.15, 0.2) is 0 Å². The van der Waals surface area contributed by atoms with Crippen molar-refractivity contribution in [3.63, 3.8) is 0 Å². The summed E-state index contributed by atoms with van der Waals surface area (Å²) in [6, 6.07) is 5.54. The number of nitriles is 1. The average molecular weight is 258 g/mol. The smallest absolute Gasteiger partial charge is 0.263 e. The molecule has 0 unspecified atom stereocenters. The molecule has 0 aromatic carbocycles. The van der Waals surface area contributed by atoms with Gasteiger partial charge in [-0.25, -0.2) is 4.98 Å². The van der Waals surface area contributed by atoms with Gasteiger partial charge in [-0.15, -0.1) is 0 Å². The lowest BCUT2D eigenvalue weighted by atomic mass is 10.1. The number of nitrogens with one attached hydrogen (secondary N) is 2. The number of amides is 1. The van der Waals surface area contributed by atoms with E-state index in [9.17, 15) is 4.79 Å². The van der Waals surface area contributed by atoms with Gasteiger partial charge in [-0.3, -0.25) is 4.79 Å². The van der Waals surface area contributed by atoms with Crippen LogP contribution in [0.1, 0.15) is 26.3 Å². The number of hydrogen-bond acceptors (Lipinski definition) is 4. The fourth-order valence-electron chi connectivity index (χ4n) is 1.26. The van der Waals surface area contributed by atoms with Gasteiger partial charge >= 0.3 is 0 Å². The maximum Gasteiger partial charge on any atom is 0.263 e. The van der Waals surface area contributed by atoms with Crippen molar-refractivity contribution in [1.29, 1.82) is 5.26 Å². The van der Waals surface area contributed by atoms with Gasteiger partial charge in [0.2, 0.25) is 0 Å². The zero-order valence-electron chi connectivity index (χ0n) is 11.6. The van der Waals surface area contributed by atoms with Crippen LogP contribution in [0, 0.1) is 18.3 Å². The number of carbonyl (C=O) groups excluding carboxylic acids is 1. The number of anilines is 1. The second-order valence-electron chi connectivity index (χ2n) is 5.24. The molecule has 5 nitrogen and oxygen atoms in total. The van der Waals surface area contributed by atoms with Gasteiger partial charge in [-0.1, -0.05) is 6.07 Å². The van der Waals surface area contributed by atoms with Gasteiger partial charge in [0.25, 0.3) is 5.91 Å². The Balaban J connectivity index is 2.75. The molecule has 0 saturated heterocycles. The van der Waals surface area contributed by atoms with E-state index in [0.29, 0.717) is 5.82 Å². The number of aromatic nitrogens is 1. The van der Waals surface area contributed by atoms with Crippen molar-refractivity contribution in [3.8, 4) is 6.07 Å². The standard InChI is InChI=1S/C14H18N4O/c1-10-5-6-12(16-8-10)17-9-11(7-15)13(19)18-14(2,3)4/h5-6,8-9H,1-4H3,(H,16,17)(H,18,19)/b11-9-. The van der Waals surface area contributed by atoms with Crippen LogP contribution in [0.2, 0.25) is 0 Å². The zero-order chi connectivity index (χ0) is 14.5. The largest absolute Gasteiger partial charge is 0.347 e. The lowest BCUT2D eigenvalue weighted by Crippen LogP contribution is -2.41. The molecule has 19 heavy (non-hydrogen) atoms. The van der Waals surface area contributed by atoms with Crippen LogP contribution >= 0.6 is 0 Å². The summed E-state index contributed by atoms with van der Waals surface area (Å²) in [7, 11) is 0. The molecule has 0 aliphatic rings. The fraction of sp³-hybridized carbons (Fsp3) is 0.357. The molecule has 0 fully saturated rings. The minimum Gasteiger partial charge on any atom is -0.347 e. The Hall–Kier alpha value is -2.35. The molecule has 5 heteroatoms. The predicted octanol–water partition coefficient (Wildman–Crippen LogP) is 2.12. The predicted molar refractivity (Wildman–Crippen MR) is 74.2 cm³/mol. The normalized spacial score (nSPS) is 11.6. The summed E-state index contributed by atoms with van der Waals surface area (Å²) < 4.78 is 0. The summed E-state index contributed by atoms with van der Waals surface area (Å²) in [6.07, 6.45) is 3.07. The zero-order valence-corrected chi connectivity index (χ0v) is 11.6. The Morgan fingerprint density at radius 2 is 2.11 bits per heavy atom. The highest BCUT2D eigenvalue weighted by Gasteiger charge is 2.16. The highest BCUT2D eigenvalue weighted by Crippen LogP contribution is 2.06. The van der Waals surface area contributed by atoms with Crippen LogP contribution in [0.5, 0.6) is 0 Å². The third-order valence-electron chi connectivity index (χ3n) is 2.13. The molecule has 0 atom stereocenters. The first-order chi connectivity index (χ1) is 8.81. The van der Waals surface area contributed by atoms with Crippen LogP contribution < -0.4 is 10.6 Å². The number of carbonyl (C=O) groups is 1. The summed E-state index contributed by atoms with van der Waals surface area (Å²) >= 11 is 0. The van der Waals surface area contributed by atoms with E-state index >= 15 is 0 Å². The van der Waals surface area contributed by atoms with E-state index in [1.807, 2.05) is 39.8 Å². The molecule has 1 rings (SSSR count). The van der Waals surface area contributed by atoms with E-state index in [4.69, 9.17) is 5.26 Å². The van der Waals surface area contributed by atoms with Crippen LogP contribution in [0.25, 0.3) is 0 Å². The highest BCUT2D eigenvalue weighted by atomic mass is 16.1. The van der Waals surface area contributed by atoms with Gasteiger partial charge in [0, 0.05) is 17.9 Å². The Bertz CT molecular complexity index is 518. The van der Waals surface area contributed by atoms with Crippen LogP contribution in [0.4, 0.5) is 5.82 Å². The molecule has 0 aliphatic carbocycles. The van der Waals surface area contributed by atoms with E-state index < -0.39 is 5.91 Å². The van der Waals surface area contributed by atoms with Crippen LogP contribution in [-0.2, 0) is 4.79 Å². The maximum absolute atomic E-state index is 11.8. The molecule has 1 aromatic heterocycles. The van der Waals surface area contributed by atoms with Crippen LogP contribution in [-0.4, -0.2) is 16.4 Å². The molecule has 2 N–H and O–H groups in total. The van der Waals surface area contributed by atoms with E-state index in [1.54, 1.807) is 12.3 Å². The summed E-state index contributed by atoms with van der Waals surface area (Å²) in [6.45, 7) is 7.50. The Morgan fingerprint density at radius 3 is 2.58 bits per heavy atom. The van der Waals surface area contributed by atoms with Crippen molar-refractivity contribution < 1.29 is 4.79 Å². The first-order valence-corrected chi connectivity index (χ1v) is 5.94. The summed E-state index contributed by atoms with van der Waals surface area (Å²) in [5.74, 6) is 0.177. The topological polar surface area (TPSA) is 77.8 Å². The monoisotopic (exact) mass is 258 g/mol. The third-order valence-corrected chi connectivity index (χ3v) is 2.13. The quantitative estimate of drug-likeness (QED) is 0.643. The number of rotatable bonds is 3. The average Bonchev–Trinajstić information content (AvgIpc) is 2.30. The lowest BCUT2D eigenvalue weighted by molar-refractivity contribution is -0.118. The molecular formula is C14H18N4O. The molecule has 1 aromatic rings. The van der Waals surface area contributed by atoms with Crippen molar-refractivity contribution in [2.24, 2.45) is 0 Å². The first-order valence-electron chi connectivity index (χ1n) is 5.94. The van der Waals surface area contributed by atoms with Crippen LogP contribution in [0.3, 0.4) is 0 Å². The van der Waals surface area contributed by atoms with Crippen LogP contribution in [0.15, 0.2) is 30.1 Å². The second-order valence-corrected chi connectivity index (χ2v) is 5.24. The summed E-state index contributed by atoms with van der Waals surface area (Å²) in [5.41, 5.74) is 0.674. The van der Waals surface area contributed by atoms with E-state index in [1.165, 1.54) is 6.20 Å². The van der Waals surface area contributed by atoms with Crippen molar-refractivity contribution >= 4 is 11.7 Å². The first kappa shape index (κ1) is 14.7. The lowest BCUT2D eigenvalue weighted by Gasteiger charge is -2.19. The van der Waals surface area contributed by atoms with Gasteiger partial charge in [0.1, 0.15) is 17.5 Å². The van der Waals surface area contributed by atoms with Gasteiger partial charge in [0.05, 0.1) is 0 Å². The number of nitrogens with zero attached hydrogens (tertiary/aromatic N) is 2. The summed E-state index contributed by atoms with van der Waals surface area (Å²) in [5, 5.41) is 14.5. The van der Waals surface area contributed by atoms with Gasteiger partial charge in [-0.05, 0) is 39.3 Å². The Labute approximate surface area is 113 Å². The highest BCUT2D eigenvalue weighted by molar-refractivity contribution is 5.97. The molecule has 0 radical (unpaired) electrons. The number of hydrogen-bond donors (Lipinski definition) is 2. The van der Waals surface area contributed by atoms with Gasteiger partial charge < -0.3 is 10.6 Å². The van der Waals surface area contributed by atoms with E-state index in [2.05, 4.69) is 15.6 Å². The summed E-state index contributed by atoms with van der Waals surface area (Å²) in [4.78, 5) is 15.9. The molecule has 0 spiro atoms. The molecule has 0 saturated carbocycles. The van der Waals surface area contributed by atoms with E-state index in [-0.39, 0.29) is 11.1 Å². The minimum atomic E-state index is -0.408. The van der Waals surface area contributed by atoms with Crippen molar-refractivity contribution in [2.45, 2.75) is 33.2 Å².